The Hall–Kier alpha value is -3.79. The number of hydrogen-bond acceptors (Lipinski definition) is 4. The van der Waals surface area contributed by atoms with Crippen LogP contribution >= 0.6 is 0 Å². The second-order valence-corrected chi connectivity index (χ2v) is 9.71. The van der Waals surface area contributed by atoms with Gasteiger partial charge in [0.05, 0.1) is 21.8 Å². The van der Waals surface area contributed by atoms with E-state index in [1.165, 1.54) is 24.3 Å². The molecule has 10 heteroatoms. The number of fused-ring (bicyclic) bond motifs is 1. The fraction of sp³-hybridized carbons (Fsp3) is 0.130. The first-order chi connectivity index (χ1) is 15.5. The van der Waals surface area contributed by atoms with Gasteiger partial charge in [-0.05, 0) is 61.4 Å². The van der Waals surface area contributed by atoms with Gasteiger partial charge in [0.2, 0.25) is 0 Å². The zero-order chi connectivity index (χ0) is 24.1. The topological polar surface area (TPSA) is 116 Å². The number of H-pyrrole nitrogens is 1. The second kappa shape index (κ2) is 7.96. The predicted molar refractivity (Wildman–Crippen MR) is 117 cm³/mol. The summed E-state index contributed by atoms with van der Waals surface area (Å²) in [6.07, 6.45) is 1.47. The minimum Gasteiger partial charge on any atom is -0.478 e. The summed E-state index contributed by atoms with van der Waals surface area (Å²) in [5.74, 6) is -3.98. The first-order valence-corrected chi connectivity index (χ1v) is 11.4. The molecule has 0 unspecified atom stereocenters. The van der Waals surface area contributed by atoms with Crippen LogP contribution in [-0.4, -0.2) is 30.4 Å². The molecular formula is C23H18F2N2O5S. The Morgan fingerprint density at radius 1 is 1.09 bits per heavy atom. The number of carboxylic acid groups (broad SMARTS) is 1. The second-order valence-electron chi connectivity index (χ2n) is 7.73. The SMILES string of the molecule is Cc1[nH]c(/C=C2\C(=O)Nc3ccc(S(=O)(=O)Cc4cc(F)cc(F)c4)cc32)c(C)c1C(=O)O. The van der Waals surface area contributed by atoms with E-state index in [-0.39, 0.29) is 21.6 Å². The van der Waals surface area contributed by atoms with E-state index in [1.807, 2.05) is 0 Å². The highest BCUT2D eigenvalue weighted by atomic mass is 32.2. The molecule has 0 atom stereocenters. The number of aryl methyl sites for hydroxylation is 1. The predicted octanol–water partition coefficient (Wildman–Crippen LogP) is 4.07. The van der Waals surface area contributed by atoms with Crippen LogP contribution < -0.4 is 5.32 Å². The molecule has 1 aromatic heterocycles. The van der Waals surface area contributed by atoms with Gasteiger partial charge >= 0.3 is 5.97 Å². The highest BCUT2D eigenvalue weighted by molar-refractivity contribution is 7.90. The average molecular weight is 472 g/mol. The van der Waals surface area contributed by atoms with Crippen LogP contribution in [0.4, 0.5) is 14.5 Å². The Bertz CT molecular complexity index is 1450. The van der Waals surface area contributed by atoms with Gasteiger partial charge in [-0.1, -0.05) is 0 Å². The van der Waals surface area contributed by atoms with Crippen molar-refractivity contribution in [3.8, 4) is 0 Å². The number of anilines is 1. The van der Waals surface area contributed by atoms with Crippen molar-refractivity contribution in [2.75, 3.05) is 5.32 Å². The van der Waals surface area contributed by atoms with Crippen molar-refractivity contribution >= 4 is 39.1 Å². The van der Waals surface area contributed by atoms with Crippen LogP contribution in [0.1, 0.15) is 38.4 Å². The first kappa shape index (κ1) is 22.4. The minimum atomic E-state index is -3.99. The summed E-state index contributed by atoms with van der Waals surface area (Å²) >= 11 is 0. The number of aromatic carboxylic acids is 1. The number of benzene rings is 2. The number of sulfone groups is 1. The maximum absolute atomic E-state index is 13.5. The van der Waals surface area contributed by atoms with Crippen molar-refractivity contribution in [3.05, 3.63) is 81.7 Å². The normalized spacial score (nSPS) is 14.4. The Labute approximate surface area is 187 Å². The summed E-state index contributed by atoms with van der Waals surface area (Å²) in [7, 11) is -3.99. The molecule has 0 saturated heterocycles. The highest BCUT2D eigenvalue weighted by Gasteiger charge is 2.28. The van der Waals surface area contributed by atoms with Crippen molar-refractivity contribution in [1.82, 2.24) is 4.98 Å². The standard InChI is InChI=1S/C23H18F2N2O5S/c1-11-20(26-12(2)21(11)23(29)30)9-18-17-8-16(3-4-19(17)27-22(18)28)33(31,32)10-13-5-14(24)7-15(25)6-13/h3-9,26H,10H2,1-2H3,(H,27,28)(H,29,30)/b18-9-. The zero-order valence-corrected chi connectivity index (χ0v) is 18.3. The molecule has 0 aliphatic carbocycles. The smallest absolute Gasteiger partial charge is 0.337 e. The molecule has 170 valence electrons. The number of nitrogens with one attached hydrogen (secondary N) is 2. The van der Waals surface area contributed by atoms with Crippen molar-refractivity contribution in [3.63, 3.8) is 0 Å². The van der Waals surface area contributed by atoms with Crippen LogP contribution in [0, 0.1) is 25.5 Å². The highest BCUT2D eigenvalue weighted by Crippen LogP contribution is 2.36. The Kier molecular flexibility index (Phi) is 5.41. The molecule has 3 aromatic rings. The zero-order valence-electron chi connectivity index (χ0n) is 17.5. The monoisotopic (exact) mass is 472 g/mol. The molecule has 0 spiro atoms. The van der Waals surface area contributed by atoms with E-state index >= 15 is 0 Å². The number of hydrogen-bond donors (Lipinski definition) is 3. The summed E-state index contributed by atoms with van der Waals surface area (Å²) < 4.78 is 52.8. The Morgan fingerprint density at radius 3 is 2.36 bits per heavy atom. The number of carboxylic acids is 1. The van der Waals surface area contributed by atoms with Gasteiger partial charge in [-0.25, -0.2) is 22.0 Å². The lowest BCUT2D eigenvalue weighted by Crippen LogP contribution is -2.06. The average Bonchev–Trinajstić information content (AvgIpc) is 3.15. The van der Waals surface area contributed by atoms with Gasteiger partial charge in [0.1, 0.15) is 11.6 Å². The van der Waals surface area contributed by atoms with Crippen molar-refractivity contribution in [2.45, 2.75) is 24.5 Å². The third-order valence-electron chi connectivity index (χ3n) is 5.39. The van der Waals surface area contributed by atoms with Gasteiger partial charge in [-0.2, -0.15) is 0 Å². The maximum atomic E-state index is 13.5. The number of aromatic nitrogens is 1. The van der Waals surface area contributed by atoms with Crippen molar-refractivity contribution in [2.24, 2.45) is 0 Å². The lowest BCUT2D eigenvalue weighted by molar-refractivity contribution is -0.110. The first-order valence-electron chi connectivity index (χ1n) is 9.74. The lowest BCUT2D eigenvalue weighted by Gasteiger charge is -2.08. The summed E-state index contributed by atoms with van der Waals surface area (Å²) in [5.41, 5.74) is 2.17. The molecule has 1 aliphatic rings. The van der Waals surface area contributed by atoms with Crippen molar-refractivity contribution in [1.29, 1.82) is 0 Å². The van der Waals surface area contributed by atoms with E-state index in [4.69, 9.17) is 0 Å². The Morgan fingerprint density at radius 2 is 1.76 bits per heavy atom. The van der Waals surface area contributed by atoms with Gasteiger partial charge in [-0.3, -0.25) is 4.79 Å². The number of halogens is 2. The molecule has 3 N–H and O–H groups in total. The van der Waals surface area contributed by atoms with Crippen LogP contribution in [0.3, 0.4) is 0 Å². The molecule has 2 aromatic carbocycles. The molecule has 0 fully saturated rings. The quantitative estimate of drug-likeness (QED) is 0.484. The molecular weight excluding hydrogens is 454 g/mol. The van der Waals surface area contributed by atoms with E-state index < -0.39 is 39.1 Å². The van der Waals surface area contributed by atoms with Crippen LogP contribution in [0.2, 0.25) is 0 Å². The van der Waals surface area contributed by atoms with Crippen LogP contribution in [0.5, 0.6) is 0 Å². The van der Waals surface area contributed by atoms with Gasteiger partial charge in [0.15, 0.2) is 9.84 Å². The largest absolute Gasteiger partial charge is 0.478 e. The minimum absolute atomic E-state index is 0.0448. The number of carbonyl (C=O) groups is 2. The molecule has 1 amide bonds. The van der Waals surface area contributed by atoms with Gasteiger partial charge < -0.3 is 15.4 Å². The third kappa shape index (κ3) is 4.17. The van der Waals surface area contributed by atoms with E-state index in [1.54, 1.807) is 13.8 Å². The van der Waals surface area contributed by atoms with Gasteiger partial charge in [0.25, 0.3) is 5.91 Å². The molecule has 2 heterocycles. The lowest BCUT2D eigenvalue weighted by atomic mass is 10.0. The summed E-state index contributed by atoms with van der Waals surface area (Å²) in [5, 5.41) is 12.0. The number of rotatable bonds is 5. The molecule has 0 saturated carbocycles. The van der Waals surface area contributed by atoms with Gasteiger partial charge in [0, 0.05) is 28.7 Å². The van der Waals surface area contributed by atoms with E-state index in [2.05, 4.69) is 10.3 Å². The summed E-state index contributed by atoms with van der Waals surface area (Å²) in [6, 6.07) is 6.59. The van der Waals surface area contributed by atoms with Gasteiger partial charge in [-0.15, -0.1) is 0 Å². The Balaban J connectivity index is 1.75. The molecule has 1 aliphatic heterocycles. The fourth-order valence-electron chi connectivity index (χ4n) is 3.88. The molecule has 7 nitrogen and oxygen atoms in total. The molecule has 4 rings (SSSR count). The summed E-state index contributed by atoms with van der Waals surface area (Å²) in [6.45, 7) is 3.20. The summed E-state index contributed by atoms with van der Waals surface area (Å²) in [4.78, 5) is 26.8. The van der Waals surface area contributed by atoms with Crippen molar-refractivity contribution < 1.29 is 31.9 Å². The van der Waals surface area contributed by atoms with E-state index in [0.717, 1.165) is 12.1 Å². The van der Waals surface area contributed by atoms with E-state index in [9.17, 15) is 31.9 Å². The third-order valence-corrected chi connectivity index (χ3v) is 7.08. The number of amides is 1. The van der Waals surface area contributed by atoms with Crippen LogP contribution in [-0.2, 0) is 20.4 Å². The number of aromatic amines is 1. The maximum Gasteiger partial charge on any atom is 0.337 e. The van der Waals surface area contributed by atoms with Crippen LogP contribution in [0.15, 0.2) is 41.3 Å². The number of carbonyl (C=O) groups excluding carboxylic acids is 1. The fourth-order valence-corrected chi connectivity index (χ4v) is 5.23. The van der Waals surface area contributed by atoms with Crippen LogP contribution in [0.25, 0.3) is 11.6 Å². The molecule has 33 heavy (non-hydrogen) atoms. The van der Waals surface area contributed by atoms with E-state index in [0.29, 0.717) is 34.3 Å². The molecule has 0 radical (unpaired) electrons. The molecule has 0 bridgehead atoms.